The van der Waals surface area contributed by atoms with E-state index in [4.69, 9.17) is 4.74 Å². The van der Waals surface area contributed by atoms with E-state index in [1.54, 1.807) is 6.20 Å². The molecule has 22 heavy (non-hydrogen) atoms. The molecule has 0 amide bonds. The molecule has 0 fully saturated rings. The molecule has 112 valence electrons. The molecule has 3 rings (SSSR count). The number of aromatic nitrogens is 2. The molecule has 0 spiro atoms. The van der Waals surface area contributed by atoms with E-state index >= 15 is 0 Å². The Hall–Kier alpha value is -2.62. The summed E-state index contributed by atoms with van der Waals surface area (Å²) in [6.07, 6.45) is 3.62. The van der Waals surface area contributed by atoms with Crippen molar-refractivity contribution >= 4 is 11.6 Å². The first-order valence-corrected chi connectivity index (χ1v) is 7.34. The first kappa shape index (κ1) is 14.3. The summed E-state index contributed by atoms with van der Waals surface area (Å²) in [6.45, 7) is 6.09. The van der Waals surface area contributed by atoms with Crippen molar-refractivity contribution < 1.29 is 9.53 Å². The topological polar surface area (TPSA) is 43.6 Å². The molecule has 0 aliphatic heterocycles. The number of ether oxygens (including phenoxy) is 1. The van der Waals surface area contributed by atoms with Crippen LogP contribution in [0.5, 0.6) is 0 Å². The first-order chi connectivity index (χ1) is 10.6. The maximum Gasteiger partial charge on any atom is 0.340 e. The van der Waals surface area contributed by atoms with E-state index in [1.165, 1.54) is 0 Å². The fourth-order valence-electron chi connectivity index (χ4n) is 2.87. The van der Waals surface area contributed by atoms with Gasteiger partial charge in [-0.3, -0.25) is 0 Å². The van der Waals surface area contributed by atoms with Gasteiger partial charge in [0, 0.05) is 29.2 Å². The van der Waals surface area contributed by atoms with Gasteiger partial charge in [-0.15, -0.1) is 0 Å². The molecule has 0 bridgehead atoms. The lowest BCUT2D eigenvalue weighted by Gasteiger charge is -2.17. The Morgan fingerprint density at radius 1 is 1.23 bits per heavy atom. The van der Waals surface area contributed by atoms with E-state index in [1.807, 2.05) is 61.7 Å². The van der Waals surface area contributed by atoms with Crippen LogP contribution in [0, 0.1) is 13.8 Å². The molecule has 0 unspecified atom stereocenters. The van der Waals surface area contributed by atoms with Gasteiger partial charge in [-0.2, -0.15) is 0 Å². The average Bonchev–Trinajstić information content (AvgIpc) is 3.02. The van der Waals surface area contributed by atoms with Gasteiger partial charge in [0.1, 0.15) is 5.65 Å². The minimum atomic E-state index is -0.294. The first-order valence-electron chi connectivity index (χ1n) is 7.34. The fourth-order valence-corrected chi connectivity index (χ4v) is 2.87. The molecular weight excluding hydrogens is 276 g/mol. The third-order valence-electron chi connectivity index (χ3n) is 3.87. The van der Waals surface area contributed by atoms with Gasteiger partial charge in [-0.25, -0.2) is 9.78 Å². The van der Waals surface area contributed by atoms with E-state index in [0.717, 1.165) is 28.0 Å². The molecule has 0 atom stereocenters. The molecule has 0 aliphatic carbocycles. The van der Waals surface area contributed by atoms with Gasteiger partial charge < -0.3 is 9.14 Å². The quantitative estimate of drug-likeness (QED) is 0.690. The minimum absolute atomic E-state index is 0.294. The van der Waals surface area contributed by atoms with E-state index < -0.39 is 0 Å². The molecule has 1 aromatic carbocycles. The van der Waals surface area contributed by atoms with Crippen LogP contribution in [0.3, 0.4) is 0 Å². The van der Waals surface area contributed by atoms with Gasteiger partial charge in [0.15, 0.2) is 0 Å². The number of hydrogen-bond donors (Lipinski definition) is 0. The lowest BCUT2D eigenvalue weighted by molar-refractivity contribution is 0.0525. The zero-order valence-corrected chi connectivity index (χ0v) is 13.0. The van der Waals surface area contributed by atoms with Crippen molar-refractivity contribution in [3.8, 4) is 11.1 Å². The van der Waals surface area contributed by atoms with Crippen LogP contribution in [0.2, 0.25) is 0 Å². The highest BCUT2D eigenvalue weighted by molar-refractivity contribution is 6.00. The van der Waals surface area contributed by atoms with Crippen LogP contribution in [0.1, 0.15) is 28.5 Å². The summed E-state index contributed by atoms with van der Waals surface area (Å²) < 4.78 is 7.22. The lowest BCUT2D eigenvalue weighted by atomic mass is 9.94. The van der Waals surface area contributed by atoms with Gasteiger partial charge in [0.25, 0.3) is 0 Å². The number of carbonyl (C=O) groups is 1. The van der Waals surface area contributed by atoms with Crippen molar-refractivity contribution in [2.45, 2.75) is 20.8 Å². The summed E-state index contributed by atoms with van der Waals surface area (Å²) in [4.78, 5) is 16.9. The number of pyridine rings is 1. The third kappa shape index (κ3) is 2.17. The highest BCUT2D eigenvalue weighted by atomic mass is 16.5. The van der Waals surface area contributed by atoms with Crippen molar-refractivity contribution in [1.82, 2.24) is 9.38 Å². The molecular formula is C18H18N2O2. The summed E-state index contributed by atoms with van der Waals surface area (Å²) in [5.41, 5.74) is 5.19. The number of benzene rings is 1. The molecule has 2 aromatic heterocycles. The van der Waals surface area contributed by atoms with Gasteiger partial charge in [-0.1, -0.05) is 30.3 Å². The average molecular weight is 294 g/mol. The van der Waals surface area contributed by atoms with Crippen molar-refractivity contribution in [1.29, 1.82) is 0 Å². The Balaban J connectivity index is 2.39. The SMILES string of the molecule is CCOC(=O)c1c(-c2ccccc2)c(C)c2nccn2c1C. The second-order valence-corrected chi connectivity index (χ2v) is 5.17. The minimum Gasteiger partial charge on any atom is -0.462 e. The van der Waals surface area contributed by atoms with Crippen molar-refractivity contribution in [2.24, 2.45) is 0 Å². The Morgan fingerprint density at radius 3 is 2.64 bits per heavy atom. The zero-order valence-electron chi connectivity index (χ0n) is 13.0. The highest BCUT2D eigenvalue weighted by Gasteiger charge is 2.23. The summed E-state index contributed by atoms with van der Waals surface area (Å²) in [7, 11) is 0. The van der Waals surface area contributed by atoms with Crippen molar-refractivity contribution in [2.75, 3.05) is 6.61 Å². The molecule has 4 heteroatoms. The predicted molar refractivity (Wildman–Crippen MR) is 86.1 cm³/mol. The summed E-state index contributed by atoms with van der Waals surface area (Å²) in [6, 6.07) is 9.90. The standard InChI is InChI=1S/C18H18N2O2/c1-4-22-18(21)16-13(3)20-11-10-19-17(20)12(2)15(16)14-8-6-5-7-9-14/h5-11H,4H2,1-3H3. The van der Waals surface area contributed by atoms with Gasteiger partial charge in [-0.05, 0) is 26.3 Å². The number of nitrogens with zero attached hydrogens (tertiary/aromatic N) is 2. The monoisotopic (exact) mass is 294 g/mol. The second-order valence-electron chi connectivity index (χ2n) is 5.17. The molecule has 0 radical (unpaired) electrons. The van der Waals surface area contributed by atoms with Crippen LogP contribution in [-0.4, -0.2) is 22.0 Å². The van der Waals surface area contributed by atoms with Crippen LogP contribution >= 0.6 is 0 Å². The number of esters is 1. The molecule has 0 saturated heterocycles. The van der Waals surface area contributed by atoms with E-state index in [-0.39, 0.29) is 5.97 Å². The summed E-state index contributed by atoms with van der Waals surface area (Å²) >= 11 is 0. The van der Waals surface area contributed by atoms with E-state index in [0.29, 0.717) is 12.2 Å². The Morgan fingerprint density at radius 2 is 1.95 bits per heavy atom. The van der Waals surface area contributed by atoms with Gasteiger partial charge >= 0.3 is 5.97 Å². The van der Waals surface area contributed by atoms with E-state index in [2.05, 4.69) is 4.98 Å². The second kappa shape index (κ2) is 5.64. The largest absolute Gasteiger partial charge is 0.462 e. The van der Waals surface area contributed by atoms with Gasteiger partial charge in [0.2, 0.25) is 0 Å². The third-order valence-corrected chi connectivity index (χ3v) is 3.87. The molecule has 4 nitrogen and oxygen atoms in total. The van der Waals surface area contributed by atoms with Crippen LogP contribution in [0.4, 0.5) is 0 Å². The normalized spacial score (nSPS) is 10.9. The Labute approximate surface area is 129 Å². The molecule has 2 heterocycles. The molecule has 0 N–H and O–H groups in total. The van der Waals surface area contributed by atoms with E-state index in [9.17, 15) is 4.79 Å². The van der Waals surface area contributed by atoms with Crippen molar-refractivity contribution in [3.05, 3.63) is 59.5 Å². The van der Waals surface area contributed by atoms with Crippen LogP contribution in [0.15, 0.2) is 42.7 Å². The number of fused-ring (bicyclic) bond motifs is 1. The zero-order chi connectivity index (χ0) is 15.7. The number of hydrogen-bond acceptors (Lipinski definition) is 3. The summed E-state index contributed by atoms with van der Waals surface area (Å²) in [5.74, 6) is -0.294. The highest BCUT2D eigenvalue weighted by Crippen LogP contribution is 2.32. The number of carbonyl (C=O) groups excluding carboxylic acids is 1. The lowest BCUT2D eigenvalue weighted by Crippen LogP contribution is -2.13. The number of rotatable bonds is 3. The summed E-state index contributed by atoms with van der Waals surface area (Å²) in [5, 5.41) is 0. The Bertz CT molecular complexity index is 835. The molecule has 0 aliphatic rings. The molecule has 0 saturated carbocycles. The van der Waals surface area contributed by atoms with Crippen LogP contribution in [-0.2, 0) is 4.74 Å². The van der Waals surface area contributed by atoms with Crippen LogP contribution in [0.25, 0.3) is 16.8 Å². The number of aryl methyl sites for hydroxylation is 2. The fraction of sp³-hybridized carbons (Fsp3) is 0.222. The maximum atomic E-state index is 12.5. The smallest absolute Gasteiger partial charge is 0.340 e. The predicted octanol–water partition coefficient (Wildman–Crippen LogP) is 3.79. The maximum absolute atomic E-state index is 12.5. The van der Waals surface area contributed by atoms with Crippen LogP contribution < -0.4 is 0 Å². The number of imidazole rings is 1. The molecule has 3 aromatic rings. The Kier molecular flexibility index (Phi) is 3.67. The van der Waals surface area contributed by atoms with Crippen molar-refractivity contribution in [3.63, 3.8) is 0 Å². The van der Waals surface area contributed by atoms with Gasteiger partial charge in [0.05, 0.1) is 12.2 Å².